The normalized spacial score (nSPS) is 40.1. The summed E-state index contributed by atoms with van der Waals surface area (Å²) in [6.45, 7) is 9.77. The van der Waals surface area contributed by atoms with E-state index < -0.39 is 0 Å². The quantitative estimate of drug-likeness (QED) is 0.775. The van der Waals surface area contributed by atoms with Crippen molar-refractivity contribution < 1.29 is 0 Å². The minimum atomic E-state index is 0.553. The lowest BCUT2D eigenvalue weighted by Crippen LogP contribution is -2.48. The summed E-state index contributed by atoms with van der Waals surface area (Å²) in [5, 5.41) is 3.91. The van der Waals surface area contributed by atoms with Crippen LogP contribution in [0, 0.1) is 11.3 Å². The van der Waals surface area contributed by atoms with Crippen molar-refractivity contribution in [2.75, 3.05) is 20.1 Å². The van der Waals surface area contributed by atoms with Gasteiger partial charge >= 0.3 is 0 Å². The number of hydrogen-bond acceptors (Lipinski definition) is 2. The molecule has 0 aromatic carbocycles. The number of piperidine rings is 1. The molecule has 0 radical (unpaired) electrons. The van der Waals surface area contributed by atoms with Crippen LogP contribution in [-0.2, 0) is 0 Å². The minimum absolute atomic E-state index is 0.553. The highest BCUT2D eigenvalue weighted by molar-refractivity contribution is 4.93. The lowest BCUT2D eigenvalue weighted by atomic mass is 9.91. The molecular formula is C14H28N2. The summed E-state index contributed by atoms with van der Waals surface area (Å²) in [5.74, 6) is 0.849. The van der Waals surface area contributed by atoms with Crippen molar-refractivity contribution in [3.63, 3.8) is 0 Å². The molecule has 1 aliphatic heterocycles. The highest BCUT2D eigenvalue weighted by atomic mass is 15.1. The van der Waals surface area contributed by atoms with E-state index in [2.05, 4.69) is 38.0 Å². The smallest absolute Gasteiger partial charge is 0.0198 e. The van der Waals surface area contributed by atoms with Gasteiger partial charge in [0.2, 0.25) is 0 Å². The Hall–Kier alpha value is -0.0800. The van der Waals surface area contributed by atoms with E-state index in [0.29, 0.717) is 5.41 Å². The van der Waals surface area contributed by atoms with Gasteiger partial charge in [-0.25, -0.2) is 0 Å². The molecular weight excluding hydrogens is 196 g/mol. The van der Waals surface area contributed by atoms with Crippen LogP contribution in [0.15, 0.2) is 0 Å². The molecule has 2 nitrogen and oxygen atoms in total. The van der Waals surface area contributed by atoms with E-state index in [9.17, 15) is 0 Å². The summed E-state index contributed by atoms with van der Waals surface area (Å²) in [7, 11) is 2.25. The topological polar surface area (TPSA) is 15.3 Å². The number of likely N-dealkylation sites (N-methyl/N-ethyl adjacent to an activating group) is 1. The van der Waals surface area contributed by atoms with E-state index in [-0.39, 0.29) is 0 Å². The molecule has 0 aromatic rings. The second-order valence-corrected chi connectivity index (χ2v) is 6.92. The number of nitrogens with one attached hydrogen (secondary N) is 1. The summed E-state index contributed by atoms with van der Waals surface area (Å²) in [6.07, 6.45) is 5.47. The predicted molar refractivity (Wildman–Crippen MR) is 69.6 cm³/mol. The van der Waals surface area contributed by atoms with E-state index in [4.69, 9.17) is 0 Å². The maximum atomic E-state index is 3.91. The van der Waals surface area contributed by atoms with Gasteiger partial charge in [-0.05, 0) is 50.6 Å². The fourth-order valence-electron chi connectivity index (χ4n) is 3.72. The lowest BCUT2D eigenvalue weighted by molar-refractivity contribution is 0.207. The zero-order chi connectivity index (χ0) is 11.8. The monoisotopic (exact) mass is 224 g/mol. The third-order valence-electron chi connectivity index (χ3n) is 4.41. The van der Waals surface area contributed by atoms with E-state index in [1.54, 1.807) is 0 Å². The van der Waals surface area contributed by atoms with Crippen LogP contribution in [0.5, 0.6) is 0 Å². The van der Waals surface area contributed by atoms with Crippen LogP contribution >= 0.6 is 0 Å². The minimum Gasteiger partial charge on any atom is -0.310 e. The summed E-state index contributed by atoms with van der Waals surface area (Å²) in [6, 6.07) is 1.49. The van der Waals surface area contributed by atoms with Gasteiger partial charge in [-0.15, -0.1) is 0 Å². The highest BCUT2D eigenvalue weighted by Gasteiger charge is 2.37. The molecule has 1 saturated heterocycles. The van der Waals surface area contributed by atoms with Crippen molar-refractivity contribution in [2.45, 2.75) is 58.5 Å². The Morgan fingerprint density at radius 1 is 1.25 bits per heavy atom. The molecule has 3 atom stereocenters. The van der Waals surface area contributed by atoms with Crippen molar-refractivity contribution in [1.29, 1.82) is 0 Å². The molecule has 0 aromatic heterocycles. The standard InChI is InChI=1S/C14H28N2/c1-11-8-14(2,3)9-13(11)15-12-6-5-7-16(4)10-12/h11-13,15H,5-10H2,1-4H3. The first-order valence-electron chi connectivity index (χ1n) is 6.91. The molecule has 2 rings (SSSR count). The van der Waals surface area contributed by atoms with E-state index in [1.165, 1.54) is 38.8 Å². The Balaban J connectivity index is 1.85. The summed E-state index contributed by atoms with van der Waals surface area (Å²) < 4.78 is 0. The lowest BCUT2D eigenvalue weighted by Gasteiger charge is -2.33. The number of likely N-dealkylation sites (tertiary alicyclic amines) is 1. The second kappa shape index (κ2) is 4.66. The Kier molecular flexibility index (Phi) is 3.60. The van der Waals surface area contributed by atoms with Gasteiger partial charge in [0.05, 0.1) is 0 Å². The van der Waals surface area contributed by atoms with Gasteiger partial charge < -0.3 is 10.2 Å². The summed E-state index contributed by atoms with van der Waals surface area (Å²) in [4.78, 5) is 2.46. The van der Waals surface area contributed by atoms with E-state index >= 15 is 0 Å². The maximum absolute atomic E-state index is 3.91. The highest BCUT2D eigenvalue weighted by Crippen LogP contribution is 2.41. The average molecular weight is 224 g/mol. The first kappa shape index (κ1) is 12.4. The van der Waals surface area contributed by atoms with Gasteiger partial charge in [0.25, 0.3) is 0 Å². The van der Waals surface area contributed by atoms with Crippen LogP contribution in [0.2, 0.25) is 0 Å². The fraction of sp³-hybridized carbons (Fsp3) is 1.00. The van der Waals surface area contributed by atoms with Crippen molar-refractivity contribution in [3.05, 3.63) is 0 Å². The van der Waals surface area contributed by atoms with Crippen LogP contribution in [0.25, 0.3) is 0 Å². The zero-order valence-electron chi connectivity index (χ0n) is 11.4. The van der Waals surface area contributed by atoms with E-state index in [0.717, 1.165) is 18.0 Å². The second-order valence-electron chi connectivity index (χ2n) is 6.92. The first-order valence-corrected chi connectivity index (χ1v) is 6.91. The summed E-state index contributed by atoms with van der Waals surface area (Å²) in [5.41, 5.74) is 0.553. The van der Waals surface area contributed by atoms with Gasteiger partial charge in [-0.1, -0.05) is 20.8 Å². The molecule has 94 valence electrons. The van der Waals surface area contributed by atoms with Crippen molar-refractivity contribution in [3.8, 4) is 0 Å². The maximum Gasteiger partial charge on any atom is 0.0198 e. The third kappa shape index (κ3) is 2.98. The molecule has 2 heteroatoms. The van der Waals surface area contributed by atoms with Crippen LogP contribution in [-0.4, -0.2) is 37.1 Å². The van der Waals surface area contributed by atoms with Crippen LogP contribution in [0.4, 0.5) is 0 Å². The molecule has 2 aliphatic rings. The first-order chi connectivity index (χ1) is 7.46. The molecule has 3 unspecified atom stereocenters. The Morgan fingerprint density at radius 3 is 2.56 bits per heavy atom. The Labute approximate surface area is 101 Å². The van der Waals surface area contributed by atoms with Crippen molar-refractivity contribution in [2.24, 2.45) is 11.3 Å². The van der Waals surface area contributed by atoms with Gasteiger partial charge in [-0.3, -0.25) is 0 Å². The van der Waals surface area contributed by atoms with Crippen molar-refractivity contribution in [1.82, 2.24) is 10.2 Å². The van der Waals surface area contributed by atoms with Gasteiger partial charge in [0, 0.05) is 18.6 Å². The SMILES string of the molecule is CC1CC(C)(C)CC1NC1CCCN(C)C1. The molecule has 1 saturated carbocycles. The van der Waals surface area contributed by atoms with Crippen LogP contribution < -0.4 is 5.32 Å². The molecule has 0 bridgehead atoms. The van der Waals surface area contributed by atoms with Gasteiger partial charge in [0.1, 0.15) is 0 Å². The molecule has 2 fully saturated rings. The molecule has 1 heterocycles. The third-order valence-corrected chi connectivity index (χ3v) is 4.41. The van der Waals surface area contributed by atoms with Gasteiger partial charge in [0.15, 0.2) is 0 Å². The van der Waals surface area contributed by atoms with E-state index in [1.807, 2.05) is 0 Å². The fourth-order valence-corrected chi connectivity index (χ4v) is 3.72. The molecule has 0 spiro atoms. The number of hydrogen-bond donors (Lipinski definition) is 1. The molecule has 0 amide bonds. The predicted octanol–water partition coefficient (Wildman–Crippen LogP) is 2.49. The molecule has 16 heavy (non-hydrogen) atoms. The number of nitrogens with zero attached hydrogens (tertiary/aromatic N) is 1. The Morgan fingerprint density at radius 2 is 2.00 bits per heavy atom. The number of rotatable bonds is 2. The Bertz CT molecular complexity index is 237. The average Bonchev–Trinajstić information content (AvgIpc) is 2.39. The van der Waals surface area contributed by atoms with Crippen LogP contribution in [0.1, 0.15) is 46.5 Å². The summed E-state index contributed by atoms with van der Waals surface area (Å²) >= 11 is 0. The van der Waals surface area contributed by atoms with Gasteiger partial charge in [-0.2, -0.15) is 0 Å². The molecule has 1 aliphatic carbocycles. The van der Waals surface area contributed by atoms with Crippen LogP contribution in [0.3, 0.4) is 0 Å². The van der Waals surface area contributed by atoms with Crippen molar-refractivity contribution >= 4 is 0 Å². The zero-order valence-corrected chi connectivity index (χ0v) is 11.4. The molecule has 1 N–H and O–H groups in total. The largest absolute Gasteiger partial charge is 0.310 e.